The van der Waals surface area contributed by atoms with Crippen LogP contribution in [0.2, 0.25) is 5.02 Å². The van der Waals surface area contributed by atoms with Crippen LogP contribution in [0.5, 0.6) is 0 Å². The highest BCUT2D eigenvalue weighted by Crippen LogP contribution is 2.21. The molecule has 0 unspecified atom stereocenters. The lowest BCUT2D eigenvalue weighted by atomic mass is 10.1. The van der Waals surface area contributed by atoms with E-state index in [4.69, 9.17) is 28.8 Å². The Morgan fingerprint density at radius 1 is 1.42 bits per heavy atom. The smallest absolute Gasteiger partial charge is 0.0440 e. The van der Waals surface area contributed by atoms with E-state index in [1.54, 1.807) is 18.2 Å². The zero-order chi connectivity index (χ0) is 9.14. The molecule has 0 amide bonds. The third kappa shape index (κ3) is 1.88. The Morgan fingerprint density at radius 2 is 2.08 bits per heavy atom. The zero-order valence-electron chi connectivity index (χ0n) is 6.63. The molecule has 0 spiro atoms. The van der Waals surface area contributed by atoms with Gasteiger partial charge < -0.3 is 17.2 Å². The molecular formula is C8H12ClN3. The van der Waals surface area contributed by atoms with Gasteiger partial charge in [-0.15, -0.1) is 0 Å². The first-order chi connectivity index (χ1) is 5.65. The van der Waals surface area contributed by atoms with E-state index < -0.39 is 0 Å². The molecular weight excluding hydrogens is 174 g/mol. The van der Waals surface area contributed by atoms with E-state index in [1.807, 2.05) is 0 Å². The standard InChI is InChI=1S/C8H12ClN3/c9-5-1-2-6(7(11)3-5)8(12)4-10/h1-3,8H,4,10-12H2/t8-/m0/s1. The maximum Gasteiger partial charge on any atom is 0.0440 e. The Morgan fingerprint density at radius 3 is 2.58 bits per heavy atom. The van der Waals surface area contributed by atoms with Gasteiger partial charge in [0.2, 0.25) is 0 Å². The number of benzene rings is 1. The van der Waals surface area contributed by atoms with E-state index in [1.165, 1.54) is 0 Å². The first-order valence-corrected chi connectivity index (χ1v) is 4.03. The molecule has 66 valence electrons. The van der Waals surface area contributed by atoms with Gasteiger partial charge >= 0.3 is 0 Å². The van der Waals surface area contributed by atoms with E-state index in [2.05, 4.69) is 0 Å². The molecule has 1 atom stereocenters. The number of hydrogen-bond donors (Lipinski definition) is 3. The summed E-state index contributed by atoms with van der Waals surface area (Å²) in [6.45, 7) is 0.381. The second-order valence-electron chi connectivity index (χ2n) is 2.62. The molecule has 1 aromatic carbocycles. The predicted octanol–water partition coefficient (Wildman–Crippen LogP) is 0.881. The van der Waals surface area contributed by atoms with Gasteiger partial charge in [0, 0.05) is 23.3 Å². The van der Waals surface area contributed by atoms with Gasteiger partial charge in [0.15, 0.2) is 0 Å². The number of halogens is 1. The molecule has 0 aliphatic heterocycles. The van der Waals surface area contributed by atoms with Gasteiger partial charge in [-0.2, -0.15) is 0 Å². The maximum atomic E-state index is 5.71. The third-order valence-corrected chi connectivity index (χ3v) is 1.94. The minimum absolute atomic E-state index is 0.206. The summed E-state index contributed by atoms with van der Waals surface area (Å²) in [4.78, 5) is 0. The van der Waals surface area contributed by atoms with Gasteiger partial charge in [0.05, 0.1) is 0 Å². The number of nitrogen functional groups attached to an aromatic ring is 1. The van der Waals surface area contributed by atoms with Crippen molar-refractivity contribution in [3.8, 4) is 0 Å². The van der Waals surface area contributed by atoms with Gasteiger partial charge in [0.25, 0.3) is 0 Å². The lowest BCUT2D eigenvalue weighted by Crippen LogP contribution is -2.21. The van der Waals surface area contributed by atoms with Crippen LogP contribution >= 0.6 is 11.6 Å². The highest BCUT2D eigenvalue weighted by molar-refractivity contribution is 6.30. The van der Waals surface area contributed by atoms with Crippen LogP contribution in [0, 0.1) is 0 Å². The SMILES string of the molecule is NC[C@H](N)c1ccc(Cl)cc1N. The summed E-state index contributed by atoms with van der Waals surface area (Å²) in [5.41, 5.74) is 18.2. The van der Waals surface area contributed by atoms with Crippen molar-refractivity contribution in [3.05, 3.63) is 28.8 Å². The molecule has 0 heterocycles. The number of nitrogens with two attached hydrogens (primary N) is 3. The molecule has 0 aliphatic carbocycles. The van der Waals surface area contributed by atoms with Gasteiger partial charge in [-0.1, -0.05) is 17.7 Å². The van der Waals surface area contributed by atoms with Crippen LogP contribution in [0.25, 0.3) is 0 Å². The highest BCUT2D eigenvalue weighted by Gasteiger charge is 2.06. The van der Waals surface area contributed by atoms with Crippen LogP contribution in [0.15, 0.2) is 18.2 Å². The van der Waals surface area contributed by atoms with E-state index in [-0.39, 0.29) is 6.04 Å². The van der Waals surface area contributed by atoms with Crippen molar-refractivity contribution < 1.29 is 0 Å². The van der Waals surface area contributed by atoms with Gasteiger partial charge in [-0.25, -0.2) is 0 Å². The fourth-order valence-electron chi connectivity index (χ4n) is 1.01. The first-order valence-electron chi connectivity index (χ1n) is 3.65. The van der Waals surface area contributed by atoms with Crippen LogP contribution in [0.1, 0.15) is 11.6 Å². The lowest BCUT2D eigenvalue weighted by Gasteiger charge is -2.11. The molecule has 1 rings (SSSR count). The largest absolute Gasteiger partial charge is 0.398 e. The molecule has 0 aliphatic rings. The minimum Gasteiger partial charge on any atom is -0.398 e. The van der Waals surface area contributed by atoms with E-state index in [9.17, 15) is 0 Å². The fraction of sp³-hybridized carbons (Fsp3) is 0.250. The molecule has 1 aromatic rings. The second-order valence-corrected chi connectivity index (χ2v) is 3.05. The van der Waals surface area contributed by atoms with Crippen LogP contribution in [0.4, 0.5) is 5.69 Å². The quantitative estimate of drug-likeness (QED) is 0.599. The molecule has 0 radical (unpaired) electrons. The molecule has 3 nitrogen and oxygen atoms in total. The van der Waals surface area contributed by atoms with Crippen molar-refractivity contribution in [3.63, 3.8) is 0 Å². The Bertz CT molecular complexity index is 275. The Kier molecular flexibility index (Phi) is 2.92. The topological polar surface area (TPSA) is 78.1 Å². The molecule has 12 heavy (non-hydrogen) atoms. The van der Waals surface area contributed by atoms with Crippen molar-refractivity contribution in [2.75, 3.05) is 12.3 Å². The zero-order valence-corrected chi connectivity index (χ0v) is 7.38. The Hall–Kier alpha value is -0.770. The lowest BCUT2D eigenvalue weighted by molar-refractivity contribution is 0.739. The number of hydrogen-bond acceptors (Lipinski definition) is 3. The number of anilines is 1. The van der Waals surface area contributed by atoms with E-state index in [0.717, 1.165) is 5.56 Å². The van der Waals surface area contributed by atoms with Crippen molar-refractivity contribution in [2.45, 2.75) is 6.04 Å². The summed E-state index contributed by atoms with van der Waals surface area (Å²) in [6.07, 6.45) is 0. The highest BCUT2D eigenvalue weighted by atomic mass is 35.5. The fourth-order valence-corrected chi connectivity index (χ4v) is 1.19. The summed E-state index contributed by atoms with van der Waals surface area (Å²) in [5.74, 6) is 0. The minimum atomic E-state index is -0.206. The van der Waals surface area contributed by atoms with Crippen LogP contribution < -0.4 is 17.2 Å². The monoisotopic (exact) mass is 185 g/mol. The average molecular weight is 186 g/mol. The summed E-state index contributed by atoms with van der Waals surface area (Å²) in [7, 11) is 0. The maximum absolute atomic E-state index is 5.71. The molecule has 6 N–H and O–H groups in total. The van der Waals surface area contributed by atoms with Crippen molar-refractivity contribution in [2.24, 2.45) is 11.5 Å². The van der Waals surface area contributed by atoms with E-state index in [0.29, 0.717) is 17.3 Å². The summed E-state index contributed by atoms with van der Waals surface area (Å²) in [5, 5.41) is 0.612. The molecule has 0 aromatic heterocycles. The second kappa shape index (κ2) is 3.76. The molecule has 0 bridgehead atoms. The molecule has 0 saturated heterocycles. The normalized spacial score (nSPS) is 12.9. The van der Waals surface area contributed by atoms with E-state index >= 15 is 0 Å². The van der Waals surface area contributed by atoms with Crippen LogP contribution in [-0.2, 0) is 0 Å². The first kappa shape index (κ1) is 9.32. The molecule has 0 saturated carbocycles. The summed E-state index contributed by atoms with van der Waals surface area (Å²) in [6, 6.07) is 5.02. The summed E-state index contributed by atoms with van der Waals surface area (Å²) < 4.78 is 0. The third-order valence-electron chi connectivity index (χ3n) is 1.70. The average Bonchev–Trinajstić information content (AvgIpc) is 2.03. The van der Waals surface area contributed by atoms with Crippen molar-refractivity contribution in [1.29, 1.82) is 0 Å². The van der Waals surface area contributed by atoms with Gasteiger partial charge in [0.1, 0.15) is 0 Å². The van der Waals surface area contributed by atoms with Crippen molar-refractivity contribution in [1.82, 2.24) is 0 Å². The van der Waals surface area contributed by atoms with Gasteiger partial charge in [-0.05, 0) is 17.7 Å². The van der Waals surface area contributed by atoms with Crippen molar-refractivity contribution >= 4 is 17.3 Å². The van der Waals surface area contributed by atoms with Gasteiger partial charge in [-0.3, -0.25) is 0 Å². The Balaban J connectivity index is 3.01. The molecule has 4 heteroatoms. The predicted molar refractivity (Wildman–Crippen MR) is 51.8 cm³/mol. The molecule has 0 fully saturated rings. The van der Waals surface area contributed by atoms with Crippen LogP contribution in [-0.4, -0.2) is 6.54 Å². The summed E-state index contributed by atoms with van der Waals surface area (Å²) >= 11 is 5.71. The Labute approximate surface area is 76.5 Å². The van der Waals surface area contributed by atoms with Crippen LogP contribution in [0.3, 0.4) is 0 Å². The number of rotatable bonds is 2.